The van der Waals surface area contributed by atoms with Crippen LogP contribution in [-0.4, -0.2) is 34.0 Å². The molecular formula is C14H24N4. The Morgan fingerprint density at radius 2 is 2.06 bits per heavy atom. The third-order valence-corrected chi connectivity index (χ3v) is 3.20. The highest BCUT2D eigenvalue weighted by atomic mass is 15.2. The Labute approximate surface area is 110 Å². The highest BCUT2D eigenvalue weighted by Crippen LogP contribution is 2.28. The maximum Gasteiger partial charge on any atom is 0.144 e. The van der Waals surface area contributed by atoms with Gasteiger partial charge in [0.05, 0.1) is 18.1 Å². The second kappa shape index (κ2) is 6.69. The topological polar surface area (TPSA) is 41.1 Å². The van der Waals surface area contributed by atoms with Gasteiger partial charge in [0, 0.05) is 19.1 Å². The van der Waals surface area contributed by atoms with Crippen molar-refractivity contribution in [2.24, 2.45) is 0 Å². The number of aromatic nitrogens is 2. The number of rotatable bonds is 8. The van der Waals surface area contributed by atoms with Crippen molar-refractivity contribution in [2.45, 2.75) is 52.1 Å². The third kappa shape index (κ3) is 3.95. The molecule has 0 spiro atoms. The van der Waals surface area contributed by atoms with Crippen LogP contribution >= 0.6 is 0 Å². The molecule has 1 fully saturated rings. The van der Waals surface area contributed by atoms with Crippen LogP contribution < -0.4 is 5.32 Å². The van der Waals surface area contributed by atoms with Crippen LogP contribution in [0.15, 0.2) is 12.4 Å². The van der Waals surface area contributed by atoms with Crippen LogP contribution in [0.25, 0.3) is 0 Å². The van der Waals surface area contributed by atoms with Gasteiger partial charge in [-0.1, -0.05) is 13.8 Å². The van der Waals surface area contributed by atoms with Crippen LogP contribution in [0.5, 0.6) is 0 Å². The standard InChI is InChI=1S/C14H24N4/c1-3-7-15-14-10-16-12(9-17-14)11-18(8-4-2)13-5-6-13/h9-10,13H,3-8,11H2,1-2H3,(H,15,17). The quantitative estimate of drug-likeness (QED) is 0.768. The van der Waals surface area contributed by atoms with E-state index < -0.39 is 0 Å². The van der Waals surface area contributed by atoms with E-state index in [2.05, 4.69) is 34.0 Å². The van der Waals surface area contributed by atoms with Crippen molar-refractivity contribution in [3.05, 3.63) is 18.1 Å². The molecule has 1 aliphatic carbocycles. The number of nitrogens with one attached hydrogen (secondary N) is 1. The Hall–Kier alpha value is -1.16. The average Bonchev–Trinajstić information content (AvgIpc) is 3.22. The third-order valence-electron chi connectivity index (χ3n) is 3.20. The minimum absolute atomic E-state index is 0.796. The zero-order chi connectivity index (χ0) is 12.8. The van der Waals surface area contributed by atoms with E-state index in [1.54, 1.807) is 0 Å². The molecule has 0 aromatic carbocycles. The SMILES string of the molecule is CCCNc1cnc(CN(CCC)C2CC2)cn1. The molecule has 1 aliphatic rings. The first-order valence-electron chi connectivity index (χ1n) is 7.12. The van der Waals surface area contributed by atoms with E-state index in [0.717, 1.165) is 37.1 Å². The van der Waals surface area contributed by atoms with Crippen molar-refractivity contribution in [2.75, 3.05) is 18.4 Å². The number of anilines is 1. The zero-order valence-electron chi connectivity index (χ0n) is 11.5. The lowest BCUT2D eigenvalue weighted by Gasteiger charge is -2.20. The highest BCUT2D eigenvalue weighted by molar-refractivity contribution is 5.30. The summed E-state index contributed by atoms with van der Waals surface area (Å²) in [6.07, 6.45) is 8.77. The van der Waals surface area contributed by atoms with Crippen LogP contribution in [0.3, 0.4) is 0 Å². The molecule has 2 rings (SSSR count). The lowest BCUT2D eigenvalue weighted by molar-refractivity contribution is 0.252. The van der Waals surface area contributed by atoms with E-state index in [0.29, 0.717) is 0 Å². The Kier molecular flexibility index (Phi) is 4.93. The van der Waals surface area contributed by atoms with Gasteiger partial charge in [0.25, 0.3) is 0 Å². The normalized spacial score (nSPS) is 15.1. The van der Waals surface area contributed by atoms with E-state index in [9.17, 15) is 0 Å². The fourth-order valence-corrected chi connectivity index (χ4v) is 2.11. The summed E-state index contributed by atoms with van der Waals surface area (Å²) in [5, 5.41) is 3.25. The highest BCUT2D eigenvalue weighted by Gasteiger charge is 2.28. The van der Waals surface area contributed by atoms with Crippen molar-refractivity contribution < 1.29 is 0 Å². The molecule has 0 saturated heterocycles. The summed E-state index contributed by atoms with van der Waals surface area (Å²) in [6.45, 7) is 7.45. The molecule has 0 bridgehead atoms. The summed E-state index contributed by atoms with van der Waals surface area (Å²) in [7, 11) is 0. The van der Waals surface area contributed by atoms with Gasteiger partial charge >= 0.3 is 0 Å². The van der Waals surface area contributed by atoms with E-state index in [-0.39, 0.29) is 0 Å². The van der Waals surface area contributed by atoms with E-state index in [4.69, 9.17) is 0 Å². The smallest absolute Gasteiger partial charge is 0.144 e. The molecule has 1 saturated carbocycles. The van der Waals surface area contributed by atoms with Gasteiger partial charge in [-0.25, -0.2) is 4.98 Å². The molecule has 100 valence electrons. The van der Waals surface area contributed by atoms with Gasteiger partial charge in [0.15, 0.2) is 0 Å². The molecule has 1 aromatic rings. The average molecular weight is 248 g/mol. The van der Waals surface area contributed by atoms with Gasteiger partial charge in [-0.15, -0.1) is 0 Å². The van der Waals surface area contributed by atoms with Crippen molar-refractivity contribution in [1.82, 2.24) is 14.9 Å². The van der Waals surface area contributed by atoms with Crippen LogP contribution in [0.4, 0.5) is 5.82 Å². The van der Waals surface area contributed by atoms with Gasteiger partial charge in [-0.3, -0.25) is 9.88 Å². The first-order valence-corrected chi connectivity index (χ1v) is 7.12. The monoisotopic (exact) mass is 248 g/mol. The van der Waals surface area contributed by atoms with Crippen molar-refractivity contribution >= 4 is 5.82 Å². The second-order valence-corrected chi connectivity index (χ2v) is 5.02. The van der Waals surface area contributed by atoms with E-state index in [1.165, 1.54) is 25.8 Å². The van der Waals surface area contributed by atoms with Crippen molar-refractivity contribution in [3.8, 4) is 0 Å². The summed E-state index contributed by atoms with van der Waals surface area (Å²) < 4.78 is 0. The summed E-state index contributed by atoms with van der Waals surface area (Å²) >= 11 is 0. The molecule has 1 aromatic heterocycles. The zero-order valence-corrected chi connectivity index (χ0v) is 11.5. The molecule has 1 heterocycles. The minimum Gasteiger partial charge on any atom is -0.369 e. The molecule has 0 aliphatic heterocycles. The fraction of sp³-hybridized carbons (Fsp3) is 0.714. The maximum absolute atomic E-state index is 4.50. The molecule has 0 atom stereocenters. The van der Waals surface area contributed by atoms with Gasteiger partial charge in [-0.05, 0) is 32.2 Å². The largest absolute Gasteiger partial charge is 0.369 e. The Morgan fingerprint density at radius 3 is 2.61 bits per heavy atom. The Morgan fingerprint density at radius 1 is 1.22 bits per heavy atom. The van der Waals surface area contributed by atoms with Crippen LogP contribution in [0.1, 0.15) is 45.2 Å². The van der Waals surface area contributed by atoms with E-state index in [1.807, 2.05) is 12.4 Å². The van der Waals surface area contributed by atoms with Crippen LogP contribution in [-0.2, 0) is 6.54 Å². The second-order valence-electron chi connectivity index (χ2n) is 5.02. The molecule has 18 heavy (non-hydrogen) atoms. The van der Waals surface area contributed by atoms with Crippen LogP contribution in [0.2, 0.25) is 0 Å². The van der Waals surface area contributed by atoms with Crippen molar-refractivity contribution in [1.29, 1.82) is 0 Å². The molecule has 1 N–H and O–H groups in total. The number of hydrogen-bond acceptors (Lipinski definition) is 4. The van der Waals surface area contributed by atoms with Gasteiger partial charge in [0.1, 0.15) is 5.82 Å². The molecule has 0 radical (unpaired) electrons. The first kappa shape index (κ1) is 13.3. The predicted octanol–water partition coefficient (Wildman–Crippen LogP) is 2.67. The molecule has 0 unspecified atom stereocenters. The van der Waals surface area contributed by atoms with E-state index >= 15 is 0 Å². The molecule has 4 heteroatoms. The van der Waals surface area contributed by atoms with Gasteiger partial charge in [0.2, 0.25) is 0 Å². The number of nitrogens with zero attached hydrogens (tertiary/aromatic N) is 3. The summed E-state index contributed by atoms with van der Waals surface area (Å²) in [6, 6.07) is 0.796. The molecular weight excluding hydrogens is 224 g/mol. The summed E-state index contributed by atoms with van der Waals surface area (Å²) in [5.74, 6) is 0.883. The Balaban J connectivity index is 1.87. The van der Waals surface area contributed by atoms with Gasteiger partial charge < -0.3 is 5.32 Å². The van der Waals surface area contributed by atoms with Gasteiger partial charge in [-0.2, -0.15) is 0 Å². The van der Waals surface area contributed by atoms with Crippen molar-refractivity contribution in [3.63, 3.8) is 0 Å². The summed E-state index contributed by atoms with van der Waals surface area (Å²) in [5.41, 5.74) is 1.08. The molecule has 4 nitrogen and oxygen atoms in total. The minimum atomic E-state index is 0.796. The lowest BCUT2D eigenvalue weighted by Crippen LogP contribution is -2.26. The number of hydrogen-bond donors (Lipinski definition) is 1. The first-order chi connectivity index (χ1) is 8.83. The molecule has 0 amide bonds. The predicted molar refractivity (Wildman–Crippen MR) is 74.5 cm³/mol. The van der Waals surface area contributed by atoms with Crippen LogP contribution in [0, 0.1) is 0 Å². The maximum atomic E-state index is 4.50. The fourth-order valence-electron chi connectivity index (χ4n) is 2.11. The summed E-state index contributed by atoms with van der Waals surface area (Å²) in [4.78, 5) is 11.4. The Bertz CT molecular complexity index is 345. The lowest BCUT2D eigenvalue weighted by atomic mass is 10.3.